The van der Waals surface area contributed by atoms with E-state index in [-0.39, 0.29) is 18.1 Å². The van der Waals surface area contributed by atoms with Gasteiger partial charge in [0.25, 0.3) is 0 Å². The molecular weight excluding hydrogens is 322 g/mol. The van der Waals surface area contributed by atoms with Gasteiger partial charge in [0, 0.05) is 18.4 Å². The van der Waals surface area contributed by atoms with Crippen LogP contribution < -0.4 is 10.6 Å². The van der Waals surface area contributed by atoms with Crippen LogP contribution in [0.3, 0.4) is 0 Å². The van der Waals surface area contributed by atoms with Gasteiger partial charge < -0.3 is 15.4 Å². The fraction of sp³-hybridized carbons (Fsp3) is 0.562. The monoisotopic (exact) mass is 344 g/mol. The molecule has 0 radical (unpaired) electrons. The van der Waals surface area contributed by atoms with Crippen molar-refractivity contribution in [1.82, 2.24) is 10.6 Å². The van der Waals surface area contributed by atoms with Crippen molar-refractivity contribution < 1.29 is 18.3 Å². The molecule has 1 aliphatic heterocycles. The lowest BCUT2D eigenvalue weighted by molar-refractivity contribution is 0.0994. The lowest BCUT2D eigenvalue weighted by atomic mass is 10.0. The van der Waals surface area contributed by atoms with Crippen molar-refractivity contribution in [2.24, 2.45) is 0 Å². The van der Waals surface area contributed by atoms with Crippen LogP contribution in [-0.2, 0) is 4.74 Å². The Morgan fingerprint density at radius 3 is 2.87 bits per heavy atom. The Bertz CT molecular complexity index is 545. The quantitative estimate of drug-likeness (QED) is 0.833. The summed E-state index contributed by atoms with van der Waals surface area (Å²) in [6, 6.07) is 3.29. The molecule has 0 spiro atoms. The zero-order valence-corrected chi connectivity index (χ0v) is 14.1. The second-order valence-electron chi connectivity index (χ2n) is 5.54. The number of rotatable bonds is 6. The van der Waals surface area contributed by atoms with E-state index in [1.165, 1.54) is 6.07 Å². The van der Waals surface area contributed by atoms with Gasteiger partial charge in [-0.1, -0.05) is 13.0 Å². The fourth-order valence-corrected chi connectivity index (χ4v) is 3.33. The molecule has 0 bridgehead atoms. The maximum absolute atomic E-state index is 13.4. The molecule has 1 aromatic carbocycles. The molecule has 7 heteroatoms. The van der Waals surface area contributed by atoms with Crippen LogP contribution in [0.15, 0.2) is 18.2 Å². The van der Waals surface area contributed by atoms with Crippen molar-refractivity contribution in [3.05, 3.63) is 35.4 Å². The summed E-state index contributed by atoms with van der Waals surface area (Å²) in [5, 5.41) is 5.81. The second-order valence-corrected chi connectivity index (χ2v) is 6.45. The lowest BCUT2D eigenvalue weighted by Gasteiger charge is -2.23. The van der Waals surface area contributed by atoms with Crippen molar-refractivity contribution in [2.75, 3.05) is 18.6 Å². The van der Waals surface area contributed by atoms with Gasteiger partial charge in [0.15, 0.2) is 11.6 Å². The van der Waals surface area contributed by atoms with Gasteiger partial charge in [0.1, 0.15) is 6.10 Å². The summed E-state index contributed by atoms with van der Waals surface area (Å²) in [5.74, 6) is -0.957. The maximum atomic E-state index is 13.4. The molecule has 1 aliphatic rings. The first-order chi connectivity index (χ1) is 11.0. The molecule has 0 saturated carbocycles. The Kier molecular flexibility index (Phi) is 6.65. The molecule has 1 unspecified atom stereocenters. The highest BCUT2D eigenvalue weighted by Gasteiger charge is 2.31. The second kappa shape index (κ2) is 8.49. The van der Waals surface area contributed by atoms with E-state index in [1.54, 1.807) is 11.8 Å². The Labute approximate surface area is 139 Å². The molecule has 1 aromatic rings. The number of urea groups is 1. The standard InChI is InChI=1S/C16H22F2N2O2S/c1-3-11(9-23-2)19-16(21)20-14-6-7-22-15(14)10-4-5-12(17)13(18)8-10/h4-5,8,11,14-15H,3,6-7,9H2,1-2H3,(H2,19,20,21)/t11?,14-,15+/m1/s1. The zero-order chi connectivity index (χ0) is 16.8. The molecule has 1 fully saturated rings. The van der Waals surface area contributed by atoms with E-state index >= 15 is 0 Å². The van der Waals surface area contributed by atoms with Crippen LogP contribution in [0.4, 0.5) is 13.6 Å². The van der Waals surface area contributed by atoms with E-state index in [1.807, 2.05) is 13.2 Å². The van der Waals surface area contributed by atoms with Gasteiger partial charge in [-0.2, -0.15) is 11.8 Å². The number of ether oxygens (including phenoxy) is 1. The molecule has 23 heavy (non-hydrogen) atoms. The number of thioether (sulfide) groups is 1. The van der Waals surface area contributed by atoms with Crippen LogP contribution >= 0.6 is 11.8 Å². The van der Waals surface area contributed by atoms with Crippen molar-refractivity contribution in [3.63, 3.8) is 0 Å². The molecule has 0 aromatic heterocycles. The van der Waals surface area contributed by atoms with Gasteiger partial charge >= 0.3 is 6.03 Å². The minimum atomic E-state index is -0.910. The average Bonchev–Trinajstić information content (AvgIpc) is 2.97. The van der Waals surface area contributed by atoms with Crippen LogP contribution in [0.1, 0.15) is 31.4 Å². The third-order valence-corrected chi connectivity index (χ3v) is 4.61. The lowest BCUT2D eigenvalue weighted by Crippen LogP contribution is -2.47. The van der Waals surface area contributed by atoms with E-state index in [2.05, 4.69) is 10.6 Å². The first-order valence-electron chi connectivity index (χ1n) is 7.67. The van der Waals surface area contributed by atoms with Crippen molar-refractivity contribution in [1.29, 1.82) is 0 Å². The molecule has 1 heterocycles. The predicted octanol–water partition coefficient (Wildman–Crippen LogP) is 3.24. The molecule has 2 amide bonds. The van der Waals surface area contributed by atoms with Gasteiger partial charge in [0.2, 0.25) is 0 Å². The molecule has 128 valence electrons. The summed E-state index contributed by atoms with van der Waals surface area (Å²) in [4.78, 5) is 12.1. The summed E-state index contributed by atoms with van der Waals surface area (Å²) in [5.41, 5.74) is 0.530. The van der Waals surface area contributed by atoms with E-state index in [4.69, 9.17) is 4.74 Å². The van der Waals surface area contributed by atoms with Crippen LogP contribution in [0.5, 0.6) is 0 Å². The summed E-state index contributed by atoms with van der Waals surface area (Å²) in [7, 11) is 0. The summed E-state index contributed by atoms with van der Waals surface area (Å²) >= 11 is 1.68. The normalized spacial score (nSPS) is 21.9. The number of nitrogens with one attached hydrogen (secondary N) is 2. The molecule has 0 aliphatic carbocycles. The first-order valence-corrected chi connectivity index (χ1v) is 9.07. The number of hydrogen-bond acceptors (Lipinski definition) is 3. The minimum Gasteiger partial charge on any atom is -0.371 e. The molecule has 1 saturated heterocycles. The van der Waals surface area contributed by atoms with E-state index < -0.39 is 17.7 Å². The third-order valence-electron chi connectivity index (χ3n) is 3.88. The van der Waals surface area contributed by atoms with Crippen LogP contribution in [0, 0.1) is 11.6 Å². The van der Waals surface area contributed by atoms with Crippen molar-refractivity contribution >= 4 is 17.8 Å². The molecule has 3 atom stereocenters. The van der Waals surface area contributed by atoms with E-state index in [0.717, 1.165) is 24.3 Å². The van der Waals surface area contributed by atoms with E-state index in [0.29, 0.717) is 18.6 Å². The number of carbonyl (C=O) groups excluding carboxylic acids is 1. The average molecular weight is 344 g/mol. The van der Waals surface area contributed by atoms with Crippen LogP contribution in [0.25, 0.3) is 0 Å². The number of amides is 2. The van der Waals surface area contributed by atoms with Crippen molar-refractivity contribution in [3.8, 4) is 0 Å². The fourth-order valence-electron chi connectivity index (χ4n) is 2.61. The summed E-state index contributed by atoms with van der Waals surface area (Å²) in [6.07, 6.45) is 3.02. The Balaban J connectivity index is 1.98. The highest BCUT2D eigenvalue weighted by Crippen LogP contribution is 2.30. The molecular formula is C16H22F2N2O2S. The van der Waals surface area contributed by atoms with Gasteiger partial charge in [-0.25, -0.2) is 13.6 Å². The van der Waals surface area contributed by atoms with E-state index in [9.17, 15) is 13.6 Å². The van der Waals surface area contributed by atoms with Gasteiger partial charge in [0.05, 0.1) is 6.04 Å². The number of carbonyl (C=O) groups is 1. The Morgan fingerprint density at radius 2 is 2.22 bits per heavy atom. The molecule has 2 rings (SSSR count). The van der Waals surface area contributed by atoms with Gasteiger partial charge in [-0.3, -0.25) is 0 Å². The predicted molar refractivity (Wildman–Crippen MR) is 87.6 cm³/mol. The van der Waals surface area contributed by atoms with Crippen LogP contribution in [0.2, 0.25) is 0 Å². The highest BCUT2D eigenvalue weighted by molar-refractivity contribution is 7.98. The highest BCUT2D eigenvalue weighted by atomic mass is 32.2. The minimum absolute atomic E-state index is 0.106. The van der Waals surface area contributed by atoms with Gasteiger partial charge in [-0.15, -0.1) is 0 Å². The van der Waals surface area contributed by atoms with Crippen LogP contribution in [-0.4, -0.2) is 36.7 Å². The Hall–Kier alpha value is -1.34. The summed E-state index contributed by atoms with van der Waals surface area (Å²) < 4.78 is 32.0. The Morgan fingerprint density at radius 1 is 1.43 bits per heavy atom. The number of halogens is 2. The number of hydrogen-bond donors (Lipinski definition) is 2. The largest absolute Gasteiger partial charge is 0.371 e. The molecule has 2 N–H and O–H groups in total. The third kappa shape index (κ3) is 4.81. The number of benzene rings is 1. The SMILES string of the molecule is CCC(CSC)NC(=O)N[C@@H]1CCO[C@H]1c1ccc(F)c(F)c1. The maximum Gasteiger partial charge on any atom is 0.315 e. The topological polar surface area (TPSA) is 50.4 Å². The van der Waals surface area contributed by atoms with Crippen molar-refractivity contribution in [2.45, 2.75) is 38.0 Å². The summed E-state index contributed by atoms with van der Waals surface area (Å²) in [6.45, 7) is 2.49. The zero-order valence-electron chi connectivity index (χ0n) is 13.3. The van der Waals surface area contributed by atoms with Gasteiger partial charge in [-0.05, 0) is 36.8 Å². The smallest absolute Gasteiger partial charge is 0.315 e. The first kappa shape index (κ1) is 18.0. The molecule has 4 nitrogen and oxygen atoms in total.